The molecule has 0 spiro atoms. The van der Waals surface area contributed by atoms with Crippen LogP contribution in [-0.2, 0) is 47.6 Å². The number of hydrogen-bond acceptors (Lipinski definition) is 10. The van der Waals surface area contributed by atoms with E-state index in [1.54, 1.807) is 0 Å². The molecular weight excluding hydrogens is 432 g/mol. The topological polar surface area (TPSA) is 124 Å². The first kappa shape index (κ1) is 23.3. The third-order valence-electron chi connectivity index (χ3n) is 3.31. The number of halogens is 1. The lowest BCUT2D eigenvalue weighted by atomic mass is 9.98. The molecule has 0 N–H and O–H groups in total. The fourth-order valence-electron chi connectivity index (χ4n) is 2.48. The van der Waals surface area contributed by atoms with Gasteiger partial charge in [0.05, 0.1) is 6.61 Å². The van der Waals surface area contributed by atoms with Crippen molar-refractivity contribution in [2.75, 3.05) is 18.5 Å². The molecular formula is C16H23BrO10. The van der Waals surface area contributed by atoms with Crippen molar-refractivity contribution in [1.82, 2.24) is 0 Å². The number of hydrogen-bond donors (Lipinski definition) is 0. The van der Waals surface area contributed by atoms with Gasteiger partial charge in [-0.05, 0) is 0 Å². The highest BCUT2D eigenvalue weighted by Gasteiger charge is 2.52. The SMILES string of the molecule is CC(=O)OC[C@H]1O[C@@H](OCCBr)[C@@H](OC(C)=O)[C@@H](OC(C)=O)[C@@H]1OC(C)=O. The molecule has 0 aromatic heterocycles. The first-order valence-corrected chi connectivity index (χ1v) is 9.25. The minimum absolute atomic E-state index is 0.188. The highest BCUT2D eigenvalue weighted by Crippen LogP contribution is 2.29. The minimum atomic E-state index is -1.22. The summed E-state index contributed by atoms with van der Waals surface area (Å²) in [7, 11) is 0. The van der Waals surface area contributed by atoms with Gasteiger partial charge >= 0.3 is 23.9 Å². The Morgan fingerprint density at radius 2 is 1.33 bits per heavy atom. The lowest BCUT2D eigenvalue weighted by Crippen LogP contribution is -2.63. The van der Waals surface area contributed by atoms with Gasteiger partial charge in [-0.25, -0.2) is 0 Å². The van der Waals surface area contributed by atoms with Crippen molar-refractivity contribution >= 4 is 39.8 Å². The normalized spacial score (nSPS) is 27.4. The first-order chi connectivity index (χ1) is 12.6. The van der Waals surface area contributed by atoms with E-state index in [2.05, 4.69) is 15.9 Å². The monoisotopic (exact) mass is 454 g/mol. The van der Waals surface area contributed by atoms with Gasteiger partial charge in [-0.15, -0.1) is 0 Å². The predicted molar refractivity (Wildman–Crippen MR) is 91.7 cm³/mol. The summed E-state index contributed by atoms with van der Waals surface area (Å²) in [6, 6.07) is 0. The van der Waals surface area contributed by atoms with Crippen molar-refractivity contribution in [3.05, 3.63) is 0 Å². The average molecular weight is 455 g/mol. The molecule has 1 aliphatic heterocycles. The van der Waals surface area contributed by atoms with Crippen LogP contribution in [0.3, 0.4) is 0 Å². The van der Waals surface area contributed by atoms with Crippen molar-refractivity contribution < 1.29 is 47.6 Å². The van der Waals surface area contributed by atoms with Crippen LogP contribution in [0.1, 0.15) is 27.7 Å². The predicted octanol–water partition coefficient (Wildman–Crippen LogP) is 0.481. The summed E-state index contributed by atoms with van der Waals surface area (Å²) in [6.45, 7) is 4.58. The summed E-state index contributed by atoms with van der Waals surface area (Å²) in [5.41, 5.74) is 0. The summed E-state index contributed by atoms with van der Waals surface area (Å²) in [5.74, 6) is -2.63. The second kappa shape index (κ2) is 11.2. The molecule has 27 heavy (non-hydrogen) atoms. The zero-order chi connectivity index (χ0) is 20.6. The highest BCUT2D eigenvalue weighted by atomic mass is 79.9. The Morgan fingerprint density at radius 3 is 1.81 bits per heavy atom. The second-order valence-corrected chi connectivity index (χ2v) is 6.42. The Balaban J connectivity index is 3.22. The fourth-order valence-corrected chi connectivity index (χ4v) is 2.67. The Hall–Kier alpha value is -1.72. The Labute approximate surface area is 164 Å². The molecule has 0 radical (unpaired) electrons. The van der Waals surface area contributed by atoms with Crippen molar-refractivity contribution in [2.45, 2.75) is 58.4 Å². The maximum Gasteiger partial charge on any atom is 0.303 e. The molecule has 10 nitrogen and oxygen atoms in total. The number of esters is 4. The zero-order valence-corrected chi connectivity index (χ0v) is 17.1. The molecule has 0 aromatic rings. The molecule has 154 valence electrons. The summed E-state index contributed by atoms with van der Waals surface area (Å²) in [5, 5.41) is 0.458. The van der Waals surface area contributed by atoms with E-state index in [-0.39, 0.29) is 13.2 Å². The largest absolute Gasteiger partial charge is 0.463 e. The van der Waals surface area contributed by atoms with Gasteiger partial charge in [0.1, 0.15) is 12.7 Å². The first-order valence-electron chi connectivity index (χ1n) is 8.13. The van der Waals surface area contributed by atoms with Crippen molar-refractivity contribution in [3.63, 3.8) is 0 Å². The van der Waals surface area contributed by atoms with E-state index in [0.29, 0.717) is 5.33 Å². The summed E-state index contributed by atoms with van der Waals surface area (Å²) < 4.78 is 31.9. The van der Waals surface area contributed by atoms with E-state index < -0.39 is 54.6 Å². The van der Waals surface area contributed by atoms with Gasteiger partial charge in [0.15, 0.2) is 24.6 Å². The molecule has 5 atom stereocenters. The van der Waals surface area contributed by atoms with Crippen LogP contribution < -0.4 is 0 Å². The second-order valence-electron chi connectivity index (χ2n) is 5.63. The van der Waals surface area contributed by atoms with Crippen LogP contribution >= 0.6 is 15.9 Å². The fraction of sp³-hybridized carbons (Fsp3) is 0.750. The molecule has 0 aliphatic carbocycles. The molecule has 0 bridgehead atoms. The van der Waals surface area contributed by atoms with Gasteiger partial charge in [-0.2, -0.15) is 0 Å². The summed E-state index contributed by atoms with van der Waals surface area (Å²) in [6.07, 6.45) is -5.73. The smallest absolute Gasteiger partial charge is 0.303 e. The van der Waals surface area contributed by atoms with Crippen LogP contribution in [0.5, 0.6) is 0 Å². The molecule has 11 heteroatoms. The average Bonchev–Trinajstić information content (AvgIpc) is 2.54. The minimum Gasteiger partial charge on any atom is -0.463 e. The molecule has 1 fully saturated rings. The van der Waals surface area contributed by atoms with Crippen LogP contribution in [0.2, 0.25) is 0 Å². The molecule has 0 unspecified atom stereocenters. The van der Waals surface area contributed by atoms with Crippen LogP contribution in [0.4, 0.5) is 0 Å². The van der Waals surface area contributed by atoms with Crippen molar-refractivity contribution in [2.24, 2.45) is 0 Å². The van der Waals surface area contributed by atoms with E-state index >= 15 is 0 Å². The number of ether oxygens (including phenoxy) is 6. The number of rotatable bonds is 8. The standard InChI is InChI=1S/C16H23BrO10/c1-8(18)23-7-12-13(24-9(2)19)14(25-10(3)20)15(26-11(4)21)16(27-12)22-6-5-17/h12-16H,5-7H2,1-4H3/t12-,13-,14+,15+,16-/m1/s1. The van der Waals surface area contributed by atoms with Crippen LogP contribution in [-0.4, -0.2) is 73.1 Å². The van der Waals surface area contributed by atoms with E-state index in [1.807, 2.05) is 0 Å². The Morgan fingerprint density at radius 1 is 0.815 bits per heavy atom. The van der Waals surface area contributed by atoms with Gasteiger partial charge in [0.25, 0.3) is 0 Å². The van der Waals surface area contributed by atoms with Gasteiger partial charge in [-0.1, -0.05) is 15.9 Å². The lowest BCUT2D eigenvalue weighted by molar-refractivity contribution is -0.306. The van der Waals surface area contributed by atoms with Gasteiger partial charge < -0.3 is 28.4 Å². The maximum absolute atomic E-state index is 11.6. The Bertz CT molecular complexity index is 551. The highest BCUT2D eigenvalue weighted by molar-refractivity contribution is 9.09. The summed E-state index contributed by atoms with van der Waals surface area (Å²) in [4.78, 5) is 45.8. The molecule has 0 aromatic carbocycles. The van der Waals surface area contributed by atoms with Gasteiger partial charge in [-0.3, -0.25) is 19.2 Å². The Kier molecular flexibility index (Phi) is 9.67. The van der Waals surface area contributed by atoms with Gasteiger partial charge in [0, 0.05) is 33.0 Å². The molecule has 1 heterocycles. The number of carbonyl (C=O) groups is 4. The van der Waals surface area contributed by atoms with Crippen LogP contribution in [0.15, 0.2) is 0 Å². The maximum atomic E-state index is 11.6. The third kappa shape index (κ3) is 7.81. The van der Waals surface area contributed by atoms with E-state index in [4.69, 9.17) is 28.4 Å². The zero-order valence-electron chi connectivity index (χ0n) is 15.5. The molecule has 1 aliphatic rings. The quantitative estimate of drug-likeness (QED) is 0.290. The molecule has 1 rings (SSSR count). The van der Waals surface area contributed by atoms with Crippen molar-refractivity contribution in [1.29, 1.82) is 0 Å². The van der Waals surface area contributed by atoms with E-state index in [1.165, 1.54) is 6.92 Å². The van der Waals surface area contributed by atoms with E-state index in [0.717, 1.165) is 20.8 Å². The third-order valence-corrected chi connectivity index (χ3v) is 3.63. The number of carbonyl (C=O) groups excluding carboxylic acids is 4. The van der Waals surface area contributed by atoms with Crippen molar-refractivity contribution in [3.8, 4) is 0 Å². The van der Waals surface area contributed by atoms with Crippen LogP contribution in [0, 0.1) is 0 Å². The molecule has 0 saturated carbocycles. The molecule has 0 amide bonds. The van der Waals surface area contributed by atoms with Gasteiger partial charge in [0.2, 0.25) is 0 Å². The van der Waals surface area contributed by atoms with Crippen LogP contribution in [0.25, 0.3) is 0 Å². The van der Waals surface area contributed by atoms with E-state index in [9.17, 15) is 19.2 Å². The molecule has 1 saturated heterocycles. The summed E-state index contributed by atoms with van der Waals surface area (Å²) >= 11 is 3.20. The lowest BCUT2D eigenvalue weighted by Gasteiger charge is -2.44. The number of alkyl halides is 1.